The van der Waals surface area contributed by atoms with Crippen LogP contribution in [-0.4, -0.2) is 4.89 Å². The van der Waals surface area contributed by atoms with Crippen molar-refractivity contribution in [1.82, 2.24) is 0 Å². The van der Waals surface area contributed by atoms with E-state index in [1.165, 1.54) is 11.3 Å². The Morgan fingerprint density at radius 2 is 2.50 bits per heavy atom. The van der Waals surface area contributed by atoms with Gasteiger partial charge in [0.2, 0.25) is 8.03 Å². The lowest BCUT2D eigenvalue weighted by Gasteiger charge is -1.99. The zero-order valence-corrected chi connectivity index (χ0v) is 7.52. The second-order valence-corrected chi connectivity index (χ2v) is 4.75. The van der Waals surface area contributed by atoms with Crippen LogP contribution in [0.25, 0.3) is 0 Å². The molecule has 0 bridgehead atoms. The van der Waals surface area contributed by atoms with Gasteiger partial charge in [0, 0.05) is 4.88 Å². The van der Waals surface area contributed by atoms with Crippen molar-refractivity contribution < 1.29 is 9.46 Å². The summed E-state index contributed by atoms with van der Waals surface area (Å²) in [6.45, 7) is 0. The highest BCUT2D eigenvalue weighted by molar-refractivity contribution is 7.41. The topological polar surface area (TPSA) is 37.3 Å². The molecule has 0 radical (unpaired) electrons. The fourth-order valence-electron chi connectivity index (χ4n) is 0.557. The molecule has 2 nitrogen and oxygen atoms in total. The Hall–Kier alpha value is 0.180. The minimum Gasteiger partial charge on any atom is -0.345 e. The summed E-state index contributed by atoms with van der Waals surface area (Å²) in [7, 11) is -2.61. The van der Waals surface area contributed by atoms with Crippen molar-refractivity contribution >= 4 is 31.0 Å². The lowest BCUT2D eigenvalue weighted by atomic mass is 10.5. The molecule has 2 unspecified atom stereocenters. The number of thiophene rings is 1. The molecule has 0 aromatic carbocycles. The lowest BCUT2D eigenvalue weighted by Crippen LogP contribution is -1.75. The molecule has 2 atom stereocenters. The molecule has 0 saturated carbocycles. The molecule has 0 fully saturated rings. The quantitative estimate of drug-likeness (QED) is 0.583. The molecule has 1 aromatic heterocycles. The Kier molecular flexibility index (Phi) is 2.93. The van der Waals surface area contributed by atoms with E-state index in [0.717, 1.165) is 4.88 Å². The summed E-state index contributed by atoms with van der Waals surface area (Å²) < 4.78 is 10.5. The smallest absolute Gasteiger partial charge is 0.211 e. The van der Waals surface area contributed by atoms with Crippen LogP contribution in [0.2, 0.25) is 0 Å². The average molecular weight is 197 g/mol. The molecule has 0 saturated heterocycles. The van der Waals surface area contributed by atoms with Crippen molar-refractivity contribution in [2.45, 2.75) is 5.12 Å². The first-order valence-corrected chi connectivity index (χ1v) is 5.37. The van der Waals surface area contributed by atoms with Gasteiger partial charge in [0.1, 0.15) is 5.12 Å². The van der Waals surface area contributed by atoms with Crippen LogP contribution < -0.4 is 0 Å². The maximum atomic E-state index is 10.5. The zero-order chi connectivity index (χ0) is 7.56. The van der Waals surface area contributed by atoms with Gasteiger partial charge in [-0.3, -0.25) is 4.57 Å². The Balaban J connectivity index is 2.77. The molecule has 56 valence electrons. The van der Waals surface area contributed by atoms with E-state index in [-0.39, 0.29) is 0 Å². The summed E-state index contributed by atoms with van der Waals surface area (Å²) in [6.07, 6.45) is 0. The van der Waals surface area contributed by atoms with Crippen LogP contribution in [0.15, 0.2) is 17.5 Å². The maximum absolute atomic E-state index is 10.5. The number of rotatable bonds is 2. The van der Waals surface area contributed by atoms with E-state index in [1.54, 1.807) is 12.1 Å². The van der Waals surface area contributed by atoms with Gasteiger partial charge >= 0.3 is 0 Å². The Bertz CT molecular complexity index is 224. The fraction of sp³-hybridized carbons (Fsp3) is 0.200. The second-order valence-electron chi connectivity index (χ2n) is 1.72. The molecule has 1 N–H and O–H groups in total. The molecule has 0 aliphatic heterocycles. The highest BCUT2D eigenvalue weighted by Gasteiger charge is 2.13. The molecule has 10 heavy (non-hydrogen) atoms. The van der Waals surface area contributed by atoms with Crippen molar-refractivity contribution in [2.24, 2.45) is 0 Å². The monoisotopic (exact) mass is 196 g/mol. The van der Waals surface area contributed by atoms with Gasteiger partial charge < -0.3 is 4.89 Å². The molecule has 5 heteroatoms. The van der Waals surface area contributed by atoms with Crippen LogP contribution in [0.5, 0.6) is 0 Å². The van der Waals surface area contributed by atoms with Crippen LogP contribution in [0, 0.1) is 0 Å². The van der Waals surface area contributed by atoms with Crippen molar-refractivity contribution in [3.05, 3.63) is 22.4 Å². The van der Waals surface area contributed by atoms with E-state index in [9.17, 15) is 4.57 Å². The normalized spacial score (nSPS) is 16.6. The number of hydrogen-bond donors (Lipinski definition) is 1. The Morgan fingerprint density at radius 1 is 1.80 bits per heavy atom. The lowest BCUT2D eigenvalue weighted by molar-refractivity contribution is 0.501. The summed E-state index contributed by atoms with van der Waals surface area (Å²) in [6, 6.07) is 3.56. The van der Waals surface area contributed by atoms with Crippen LogP contribution >= 0.6 is 31.0 Å². The van der Waals surface area contributed by atoms with E-state index in [1.807, 2.05) is 5.38 Å². The van der Waals surface area contributed by atoms with Gasteiger partial charge in [0.15, 0.2) is 0 Å². The van der Waals surface area contributed by atoms with Crippen LogP contribution in [-0.2, 0) is 4.57 Å². The van der Waals surface area contributed by atoms with Gasteiger partial charge in [-0.05, 0) is 11.4 Å². The van der Waals surface area contributed by atoms with Crippen molar-refractivity contribution in [3.8, 4) is 0 Å². The minimum atomic E-state index is -2.61. The standard InChI is InChI=1S/C5H6ClO2PS/c6-5(9(7)8)4-2-1-3-10-4/h1-3,5,9H,(H,7,8). The predicted octanol–water partition coefficient (Wildman–Crippen LogP) is 2.45. The van der Waals surface area contributed by atoms with E-state index in [0.29, 0.717) is 0 Å². The van der Waals surface area contributed by atoms with Gasteiger partial charge in [-0.2, -0.15) is 0 Å². The first-order valence-electron chi connectivity index (χ1n) is 2.62. The van der Waals surface area contributed by atoms with E-state index < -0.39 is 13.1 Å². The molecule has 1 heterocycles. The first kappa shape index (κ1) is 8.28. The third kappa shape index (κ3) is 1.83. The van der Waals surface area contributed by atoms with E-state index in [4.69, 9.17) is 16.5 Å². The van der Waals surface area contributed by atoms with Crippen molar-refractivity contribution in [3.63, 3.8) is 0 Å². The molecule has 1 aromatic rings. The third-order valence-electron chi connectivity index (χ3n) is 1.01. The highest BCUT2D eigenvalue weighted by atomic mass is 35.5. The first-order chi connectivity index (χ1) is 4.72. The molecule has 1 rings (SSSR count). The molecular formula is C5H6ClO2PS. The van der Waals surface area contributed by atoms with Crippen molar-refractivity contribution in [2.75, 3.05) is 0 Å². The predicted molar refractivity (Wildman–Crippen MR) is 44.1 cm³/mol. The highest BCUT2D eigenvalue weighted by Crippen LogP contribution is 2.42. The summed E-state index contributed by atoms with van der Waals surface area (Å²) in [5.74, 6) is 0. The van der Waals surface area contributed by atoms with Gasteiger partial charge in [-0.15, -0.1) is 22.9 Å². The molecule has 0 aliphatic carbocycles. The Morgan fingerprint density at radius 3 is 2.90 bits per heavy atom. The van der Waals surface area contributed by atoms with Gasteiger partial charge in [-0.25, -0.2) is 0 Å². The van der Waals surface area contributed by atoms with Gasteiger partial charge in [-0.1, -0.05) is 6.07 Å². The number of halogens is 1. The zero-order valence-electron chi connectivity index (χ0n) is 4.95. The van der Waals surface area contributed by atoms with Crippen LogP contribution in [0.4, 0.5) is 0 Å². The molecular weight excluding hydrogens is 191 g/mol. The Labute approximate surface area is 68.3 Å². The van der Waals surface area contributed by atoms with Gasteiger partial charge in [0.05, 0.1) is 0 Å². The third-order valence-corrected chi connectivity index (χ3v) is 3.83. The molecule has 0 amide bonds. The summed E-state index contributed by atoms with van der Waals surface area (Å²) >= 11 is 6.97. The summed E-state index contributed by atoms with van der Waals surface area (Å²) in [5.41, 5.74) is 0. The largest absolute Gasteiger partial charge is 0.345 e. The SMILES string of the molecule is O=[PH](O)C(Cl)c1cccs1. The summed E-state index contributed by atoms with van der Waals surface area (Å²) in [5, 5.41) is 1.13. The minimum absolute atomic E-state index is 0.704. The number of alkyl halides is 1. The maximum Gasteiger partial charge on any atom is 0.211 e. The van der Waals surface area contributed by atoms with E-state index in [2.05, 4.69) is 0 Å². The van der Waals surface area contributed by atoms with Crippen LogP contribution in [0.1, 0.15) is 10.00 Å². The second kappa shape index (κ2) is 3.54. The van der Waals surface area contributed by atoms with Crippen molar-refractivity contribution in [1.29, 1.82) is 0 Å². The van der Waals surface area contributed by atoms with Crippen LogP contribution in [0.3, 0.4) is 0 Å². The molecule has 0 spiro atoms. The van der Waals surface area contributed by atoms with Gasteiger partial charge in [0.25, 0.3) is 0 Å². The summed E-state index contributed by atoms with van der Waals surface area (Å²) in [4.78, 5) is 9.37. The van der Waals surface area contributed by atoms with E-state index >= 15 is 0 Å². The average Bonchev–Trinajstić information content (AvgIpc) is 2.36. The fourth-order valence-corrected chi connectivity index (χ4v) is 2.22. The molecule has 0 aliphatic rings. The number of hydrogen-bond acceptors (Lipinski definition) is 2.